The van der Waals surface area contributed by atoms with Crippen molar-refractivity contribution in [2.45, 2.75) is 26.3 Å². The fourth-order valence-electron chi connectivity index (χ4n) is 2.09. The van der Waals surface area contributed by atoms with Crippen LogP contribution in [0, 0.1) is 0 Å². The summed E-state index contributed by atoms with van der Waals surface area (Å²) in [5, 5.41) is 6.82. The number of aromatic amines is 1. The molecule has 0 spiro atoms. The average molecular weight is 287 g/mol. The van der Waals surface area contributed by atoms with E-state index in [0.717, 1.165) is 24.2 Å². The summed E-state index contributed by atoms with van der Waals surface area (Å²) in [5.74, 6) is 0.763. The highest BCUT2D eigenvalue weighted by atomic mass is 16.2. The minimum Gasteiger partial charge on any atom is -0.330 e. The normalized spacial score (nSPS) is 10.6. The lowest BCUT2D eigenvalue weighted by Gasteiger charge is -2.20. The highest BCUT2D eigenvalue weighted by molar-refractivity contribution is 5.90. The number of H-pyrrole nitrogens is 1. The van der Waals surface area contributed by atoms with Crippen molar-refractivity contribution in [1.29, 1.82) is 0 Å². The van der Waals surface area contributed by atoms with E-state index in [1.165, 1.54) is 0 Å². The molecule has 6 nitrogen and oxygen atoms in total. The fourth-order valence-corrected chi connectivity index (χ4v) is 2.09. The number of rotatable bonds is 7. The zero-order chi connectivity index (χ0) is 15.1. The summed E-state index contributed by atoms with van der Waals surface area (Å²) in [5.41, 5.74) is 6.67. The van der Waals surface area contributed by atoms with E-state index in [4.69, 9.17) is 5.73 Å². The third-order valence-electron chi connectivity index (χ3n) is 3.11. The number of carbonyl (C=O) groups is 1. The third-order valence-corrected chi connectivity index (χ3v) is 3.11. The summed E-state index contributed by atoms with van der Waals surface area (Å²) in [6, 6.07) is 9.82. The van der Waals surface area contributed by atoms with Crippen LogP contribution in [-0.2, 0) is 13.0 Å². The Morgan fingerprint density at radius 1 is 1.33 bits per heavy atom. The summed E-state index contributed by atoms with van der Waals surface area (Å²) in [6.07, 6.45) is 1.75. The SMILES string of the molecule is CCCc1nc(C(=O)N(CCN)Cc2ccccc2)n[nH]1. The molecule has 2 rings (SSSR count). The van der Waals surface area contributed by atoms with Crippen LogP contribution in [0.1, 0.15) is 35.4 Å². The second kappa shape index (κ2) is 7.54. The Morgan fingerprint density at radius 3 is 2.76 bits per heavy atom. The van der Waals surface area contributed by atoms with Crippen molar-refractivity contribution in [2.24, 2.45) is 5.73 Å². The van der Waals surface area contributed by atoms with Crippen LogP contribution < -0.4 is 5.73 Å². The van der Waals surface area contributed by atoms with E-state index >= 15 is 0 Å². The first-order chi connectivity index (χ1) is 10.2. The molecule has 0 bridgehead atoms. The molecule has 0 aliphatic carbocycles. The second-order valence-corrected chi connectivity index (χ2v) is 4.86. The summed E-state index contributed by atoms with van der Waals surface area (Å²) in [6.45, 7) is 3.45. The van der Waals surface area contributed by atoms with Gasteiger partial charge < -0.3 is 10.6 Å². The molecule has 1 amide bonds. The number of hydrogen-bond acceptors (Lipinski definition) is 4. The molecule has 112 valence electrons. The fraction of sp³-hybridized carbons (Fsp3) is 0.400. The van der Waals surface area contributed by atoms with Gasteiger partial charge in [-0.3, -0.25) is 9.89 Å². The van der Waals surface area contributed by atoms with Gasteiger partial charge >= 0.3 is 0 Å². The second-order valence-electron chi connectivity index (χ2n) is 4.86. The Labute approximate surface area is 124 Å². The minimum atomic E-state index is -0.192. The van der Waals surface area contributed by atoms with Gasteiger partial charge in [-0.1, -0.05) is 37.3 Å². The average Bonchev–Trinajstić information content (AvgIpc) is 2.96. The highest BCUT2D eigenvalue weighted by Crippen LogP contribution is 2.08. The van der Waals surface area contributed by atoms with Crippen LogP contribution in [0.5, 0.6) is 0 Å². The van der Waals surface area contributed by atoms with Crippen LogP contribution in [0.25, 0.3) is 0 Å². The lowest BCUT2D eigenvalue weighted by atomic mass is 10.2. The number of carbonyl (C=O) groups excluding carboxylic acids is 1. The van der Waals surface area contributed by atoms with Crippen molar-refractivity contribution < 1.29 is 4.79 Å². The molecule has 21 heavy (non-hydrogen) atoms. The van der Waals surface area contributed by atoms with Gasteiger partial charge in [0.1, 0.15) is 5.82 Å². The number of nitrogens with two attached hydrogens (primary N) is 1. The predicted molar refractivity (Wildman–Crippen MR) is 80.6 cm³/mol. The zero-order valence-corrected chi connectivity index (χ0v) is 12.2. The number of hydrogen-bond donors (Lipinski definition) is 2. The molecule has 1 heterocycles. The van der Waals surface area contributed by atoms with Gasteiger partial charge in [-0.05, 0) is 12.0 Å². The molecule has 3 N–H and O–H groups in total. The molecular weight excluding hydrogens is 266 g/mol. The Morgan fingerprint density at radius 2 is 2.10 bits per heavy atom. The van der Waals surface area contributed by atoms with Gasteiger partial charge in [-0.25, -0.2) is 4.98 Å². The Balaban J connectivity index is 2.10. The molecular formula is C15H21N5O. The smallest absolute Gasteiger partial charge is 0.293 e. The van der Waals surface area contributed by atoms with E-state index < -0.39 is 0 Å². The minimum absolute atomic E-state index is 0.192. The van der Waals surface area contributed by atoms with E-state index in [2.05, 4.69) is 22.1 Å². The van der Waals surface area contributed by atoms with E-state index in [-0.39, 0.29) is 11.7 Å². The lowest BCUT2D eigenvalue weighted by Crippen LogP contribution is -2.35. The van der Waals surface area contributed by atoms with Gasteiger partial charge in [0.05, 0.1) is 0 Å². The van der Waals surface area contributed by atoms with Crippen molar-refractivity contribution in [3.05, 3.63) is 47.5 Å². The number of amides is 1. The van der Waals surface area contributed by atoms with Crippen LogP contribution in [0.15, 0.2) is 30.3 Å². The van der Waals surface area contributed by atoms with Crippen molar-refractivity contribution in [3.63, 3.8) is 0 Å². The van der Waals surface area contributed by atoms with Crippen LogP contribution >= 0.6 is 0 Å². The van der Waals surface area contributed by atoms with Gasteiger partial charge in [0.25, 0.3) is 5.91 Å². The first kappa shape index (κ1) is 15.2. The Hall–Kier alpha value is -2.21. The largest absolute Gasteiger partial charge is 0.330 e. The number of benzene rings is 1. The van der Waals surface area contributed by atoms with E-state index in [9.17, 15) is 4.79 Å². The maximum absolute atomic E-state index is 12.5. The molecule has 0 saturated heterocycles. The molecule has 0 radical (unpaired) electrons. The maximum atomic E-state index is 12.5. The van der Waals surface area contributed by atoms with Gasteiger partial charge in [0, 0.05) is 26.1 Å². The van der Waals surface area contributed by atoms with Gasteiger partial charge in [0.15, 0.2) is 0 Å². The summed E-state index contributed by atoms with van der Waals surface area (Å²) in [7, 11) is 0. The quantitative estimate of drug-likeness (QED) is 0.805. The number of aryl methyl sites for hydroxylation is 1. The predicted octanol–water partition coefficient (Wildman–Crippen LogP) is 1.36. The van der Waals surface area contributed by atoms with E-state index in [1.54, 1.807) is 4.90 Å². The standard InChI is InChI=1S/C15H21N5O/c1-2-6-13-17-14(19-18-13)15(21)20(10-9-16)11-12-7-4-3-5-8-12/h3-5,7-8H,2,6,9-11,16H2,1H3,(H,17,18,19). The summed E-state index contributed by atoms with van der Waals surface area (Å²) in [4.78, 5) is 18.4. The number of aromatic nitrogens is 3. The summed E-state index contributed by atoms with van der Waals surface area (Å²) >= 11 is 0. The maximum Gasteiger partial charge on any atom is 0.293 e. The topological polar surface area (TPSA) is 87.9 Å². The van der Waals surface area contributed by atoms with Gasteiger partial charge in [-0.15, -0.1) is 5.10 Å². The zero-order valence-electron chi connectivity index (χ0n) is 12.2. The molecule has 0 fully saturated rings. The van der Waals surface area contributed by atoms with Crippen molar-refractivity contribution >= 4 is 5.91 Å². The molecule has 0 atom stereocenters. The van der Waals surface area contributed by atoms with Crippen LogP contribution in [0.4, 0.5) is 0 Å². The molecule has 2 aromatic rings. The molecule has 1 aromatic carbocycles. The first-order valence-electron chi connectivity index (χ1n) is 7.19. The molecule has 6 heteroatoms. The van der Waals surface area contributed by atoms with Gasteiger partial charge in [0.2, 0.25) is 5.82 Å². The monoisotopic (exact) mass is 287 g/mol. The molecule has 0 unspecified atom stereocenters. The van der Waals surface area contributed by atoms with Gasteiger partial charge in [-0.2, -0.15) is 0 Å². The third kappa shape index (κ3) is 4.13. The van der Waals surface area contributed by atoms with E-state index in [1.807, 2.05) is 30.3 Å². The highest BCUT2D eigenvalue weighted by Gasteiger charge is 2.19. The molecule has 0 aliphatic heterocycles. The van der Waals surface area contributed by atoms with E-state index in [0.29, 0.717) is 19.6 Å². The Kier molecular flexibility index (Phi) is 5.45. The van der Waals surface area contributed by atoms with Crippen molar-refractivity contribution in [1.82, 2.24) is 20.1 Å². The number of nitrogens with zero attached hydrogens (tertiary/aromatic N) is 3. The molecule has 0 saturated carbocycles. The van der Waals surface area contributed by atoms with Crippen LogP contribution in [0.3, 0.4) is 0 Å². The first-order valence-corrected chi connectivity index (χ1v) is 7.19. The molecule has 0 aliphatic rings. The molecule has 1 aromatic heterocycles. The summed E-state index contributed by atoms with van der Waals surface area (Å²) < 4.78 is 0. The van der Waals surface area contributed by atoms with Crippen LogP contribution in [0.2, 0.25) is 0 Å². The van der Waals surface area contributed by atoms with Crippen LogP contribution in [-0.4, -0.2) is 39.1 Å². The Bertz CT molecular complexity index is 566. The van der Waals surface area contributed by atoms with Crippen molar-refractivity contribution in [2.75, 3.05) is 13.1 Å². The number of nitrogens with one attached hydrogen (secondary N) is 1. The van der Waals surface area contributed by atoms with Crippen molar-refractivity contribution in [3.8, 4) is 0 Å². The lowest BCUT2D eigenvalue weighted by molar-refractivity contribution is 0.0736.